The van der Waals surface area contributed by atoms with Crippen molar-refractivity contribution in [2.75, 3.05) is 19.6 Å². The Morgan fingerprint density at radius 1 is 0.981 bits per heavy atom. The van der Waals surface area contributed by atoms with Crippen molar-refractivity contribution in [2.24, 2.45) is 5.92 Å². The van der Waals surface area contributed by atoms with Gasteiger partial charge in [-0.25, -0.2) is 13.2 Å². The predicted molar refractivity (Wildman–Crippen MR) is 192 cm³/mol. The Hall–Kier alpha value is -5.18. The molecule has 1 saturated heterocycles. The minimum absolute atomic E-state index is 0.0227. The number of allylic oxidation sites excluding steroid dienone is 1. The molecule has 2 aliphatic carbocycles. The molecule has 1 unspecified atom stereocenters. The first-order valence-electron chi connectivity index (χ1n) is 18.1. The fourth-order valence-electron chi connectivity index (χ4n) is 7.19. The average molecular weight is 746 g/mol. The summed E-state index contributed by atoms with van der Waals surface area (Å²) in [5, 5.41) is 6.90. The summed E-state index contributed by atoms with van der Waals surface area (Å²) in [4.78, 5) is 71.8. The number of benzene rings is 2. The van der Waals surface area contributed by atoms with Crippen LogP contribution in [0.5, 0.6) is 0 Å². The molecule has 3 N–H and O–H groups in total. The molecule has 3 heterocycles. The Morgan fingerprint density at radius 2 is 1.79 bits per heavy atom. The highest BCUT2D eigenvalue weighted by atomic mass is 32.2. The van der Waals surface area contributed by atoms with Gasteiger partial charge in [-0.05, 0) is 60.9 Å². The van der Waals surface area contributed by atoms with Gasteiger partial charge in [-0.1, -0.05) is 67.5 Å². The minimum atomic E-state index is -3.92. The van der Waals surface area contributed by atoms with Gasteiger partial charge >= 0.3 is 6.09 Å². The smallest absolute Gasteiger partial charge is 0.410 e. The van der Waals surface area contributed by atoms with Crippen LogP contribution in [-0.4, -0.2) is 90.4 Å². The lowest BCUT2D eigenvalue weighted by atomic mass is 10.0. The molecule has 4 atom stereocenters. The number of furan rings is 1. The zero-order chi connectivity index (χ0) is 37.2. The van der Waals surface area contributed by atoms with Crippen molar-refractivity contribution in [1.82, 2.24) is 25.2 Å². The Bertz CT molecular complexity index is 2020. The van der Waals surface area contributed by atoms with Gasteiger partial charge in [-0.2, -0.15) is 0 Å². The van der Waals surface area contributed by atoms with E-state index in [1.807, 2.05) is 54.6 Å². The summed E-state index contributed by atoms with van der Waals surface area (Å²) >= 11 is 0. The standard InChI is InChI=1S/C38H43N5O9S/c44-33(27-17-20-51-23-27)39-31-14-5-3-1-2-4-12-28-21-38(28,36(47)41-53(49,50)29-15-16-29)40-34(45)32-22-42(18-19-43(32)35(31)46)37(48)52-24-26-11-8-10-25-9-6-7-13-30(25)26/h4,6-13,17,20,23,28-29,31-32H,1-3,5,14-16,18-19,21-22,24H2,(H,39,44)(H,40,45)(H,41,47)/b12-4+/t28?,31-,32-,38-/m0/s1. The van der Waals surface area contributed by atoms with Crippen LogP contribution in [0.3, 0.4) is 0 Å². The number of hydrogen-bond donors (Lipinski definition) is 3. The fraction of sp³-hybridized carbons (Fsp3) is 0.447. The second kappa shape index (κ2) is 15.0. The Labute approximate surface area is 307 Å². The topological polar surface area (TPSA) is 184 Å². The van der Waals surface area contributed by atoms with Crippen molar-refractivity contribution in [1.29, 1.82) is 0 Å². The molecule has 280 valence electrons. The number of rotatable bonds is 7. The van der Waals surface area contributed by atoms with Gasteiger partial charge in [0.15, 0.2) is 0 Å². The number of ether oxygens (including phenoxy) is 1. The molecule has 2 aliphatic heterocycles. The lowest BCUT2D eigenvalue weighted by Gasteiger charge is -2.41. The average Bonchev–Trinajstić information content (AvgIpc) is 4.07. The number of carbonyl (C=O) groups excluding carboxylic acids is 5. The molecule has 0 spiro atoms. The Balaban J connectivity index is 1.15. The zero-order valence-corrected chi connectivity index (χ0v) is 30.0. The number of amides is 5. The van der Waals surface area contributed by atoms with Crippen LogP contribution in [0.15, 0.2) is 77.6 Å². The van der Waals surface area contributed by atoms with Gasteiger partial charge in [0.2, 0.25) is 21.8 Å². The number of piperazine rings is 1. The Morgan fingerprint density at radius 3 is 2.58 bits per heavy atom. The van der Waals surface area contributed by atoms with Crippen LogP contribution in [0, 0.1) is 5.92 Å². The zero-order valence-electron chi connectivity index (χ0n) is 29.2. The van der Waals surface area contributed by atoms with Crippen LogP contribution in [0.4, 0.5) is 4.79 Å². The minimum Gasteiger partial charge on any atom is -0.472 e. The SMILES string of the molecule is O=C(N[C@H]1CCCCC/C=C/C2C[C@]2(C(=O)NS(=O)(=O)C2CC2)NC(=O)[C@@H]2CN(C(=O)OCc3cccc4ccccc34)CCN2C1=O)c1ccoc1. The van der Waals surface area contributed by atoms with Crippen molar-refractivity contribution >= 4 is 50.5 Å². The van der Waals surface area contributed by atoms with E-state index in [2.05, 4.69) is 15.4 Å². The van der Waals surface area contributed by atoms with Crippen LogP contribution >= 0.6 is 0 Å². The van der Waals surface area contributed by atoms with E-state index in [0.717, 1.165) is 29.2 Å². The van der Waals surface area contributed by atoms with E-state index in [0.29, 0.717) is 32.1 Å². The van der Waals surface area contributed by atoms with Gasteiger partial charge in [0.05, 0.1) is 23.6 Å². The molecule has 4 aliphatic rings. The van der Waals surface area contributed by atoms with Gasteiger partial charge in [0.25, 0.3) is 11.8 Å². The van der Waals surface area contributed by atoms with Crippen LogP contribution in [-0.2, 0) is 35.8 Å². The van der Waals surface area contributed by atoms with Gasteiger partial charge in [-0.15, -0.1) is 0 Å². The predicted octanol–water partition coefficient (Wildman–Crippen LogP) is 3.38. The van der Waals surface area contributed by atoms with E-state index in [9.17, 15) is 32.4 Å². The summed E-state index contributed by atoms with van der Waals surface area (Å²) in [6, 6.07) is 12.6. The molecule has 2 saturated carbocycles. The summed E-state index contributed by atoms with van der Waals surface area (Å²) in [6.45, 7) is -0.294. The molecule has 14 nitrogen and oxygen atoms in total. The number of fused-ring (bicyclic) bond motifs is 3. The molecule has 5 amide bonds. The number of hydrogen-bond acceptors (Lipinski definition) is 9. The van der Waals surface area contributed by atoms with Gasteiger partial charge in [-0.3, -0.25) is 23.9 Å². The first kappa shape index (κ1) is 36.2. The van der Waals surface area contributed by atoms with E-state index in [4.69, 9.17) is 9.15 Å². The van der Waals surface area contributed by atoms with Crippen molar-refractivity contribution in [2.45, 2.75) is 80.8 Å². The largest absolute Gasteiger partial charge is 0.472 e. The highest BCUT2D eigenvalue weighted by Gasteiger charge is 2.62. The highest BCUT2D eigenvalue weighted by Crippen LogP contribution is 2.46. The molecule has 0 radical (unpaired) electrons. The maximum absolute atomic E-state index is 14.4. The maximum Gasteiger partial charge on any atom is 0.410 e. The van der Waals surface area contributed by atoms with Crippen LogP contribution in [0.2, 0.25) is 0 Å². The molecule has 15 heteroatoms. The summed E-state index contributed by atoms with van der Waals surface area (Å²) in [5.74, 6) is -3.05. The summed E-state index contributed by atoms with van der Waals surface area (Å²) in [7, 11) is -3.92. The molecular formula is C38H43N5O9S. The lowest BCUT2D eigenvalue weighted by Crippen LogP contribution is -2.66. The third-order valence-electron chi connectivity index (χ3n) is 10.5. The van der Waals surface area contributed by atoms with Crippen LogP contribution in [0.25, 0.3) is 10.8 Å². The molecule has 53 heavy (non-hydrogen) atoms. The summed E-state index contributed by atoms with van der Waals surface area (Å²) in [5.41, 5.74) is -0.521. The number of carbonyl (C=O) groups is 5. The van der Waals surface area contributed by atoms with Crippen LogP contribution < -0.4 is 15.4 Å². The number of nitrogens with zero attached hydrogens (tertiary/aromatic N) is 2. The van der Waals surface area contributed by atoms with Crippen molar-refractivity contribution in [3.63, 3.8) is 0 Å². The normalized spacial score (nSPS) is 25.8. The summed E-state index contributed by atoms with van der Waals surface area (Å²) < 4.78 is 38.6. The second-order valence-corrected chi connectivity index (χ2v) is 16.2. The van der Waals surface area contributed by atoms with E-state index < -0.39 is 68.5 Å². The van der Waals surface area contributed by atoms with Gasteiger partial charge < -0.3 is 29.6 Å². The summed E-state index contributed by atoms with van der Waals surface area (Å²) in [6.07, 6.45) is 9.90. The van der Waals surface area contributed by atoms with E-state index >= 15 is 0 Å². The van der Waals surface area contributed by atoms with Gasteiger partial charge in [0, 0.05) is 19.0 Å². The van der Waals surface area contributed by atoms with Gasteiger partial charge in [0.1, 0.15) is 30.5 Å². The number of nitrogens with one attached hydrogen (secondary N) is 3. The fourth-order valence-corrected chi connectivity index (χ4v) is 8.56. The maximum atomic E-state index is 14.4. The molecular weight excluding hydrogens is 703 g/mol. The van der Waals surface area contributed by atoms with E-state index in [-0.39, 0.29) is 38.2 Å². The highest BCUT2D eigenvalue weighted by molar-refractivity contribution is 7.91. The van der Waals surface area contributed by atoms with Crippen molar-refractivity contribution in [3.8, 4) is 0 Å². The first-order valence-corrected chi connectivity index (χ1v) is 19.7. The monoisotopic (exact) mass is 745 g/mol. The van der Waals surface area contributed by atoms with Crippen molar-refractivity contribution in [3.05, 3.63) is 84.3 Å². The Kier molecular flexibility index (Phi) is 10.3. The first-order chi connectivity index (χ1) is 25.6. The quantitative estimate of drug-likeness (QED) is 0.305. The molecule has 3 fully saturated rings. The number of sulfonamides is 1. The molecule has 7 rings (SSSR count). The molecule has 2 aromatic carbocycles. The molecule has 0 bridgehead atoms. The lowest BCUT2D eigenvalue weighted by molar-refractivity contribution is -0.146. The molecule has 1 aromatic heterocycles. The van der Waals surface area contributed by atoms with E-state index in [1.54, 1.807) is 0 Å². The van der Waals surface area contributed by atoms with E-state index in [1.165, 1.54) is 28.4 Å². The second-order valence-electron chi connectivity index (χ2n) is 14.2. The third-order valence-corrected chi connectivity index (χ3v) is 12.4. The van der Waals surface area contributed by atoms with Crippen molar-refractivity contribution < 1.29 is 41.5 Å². The van der Waals surface area contributed by atoms with Crippen LogP contribution in [0.1, 0.15) is 67.3 Å². The molecule has 3 aromatic rings. The third kappa shape index (κ3) is 7.94.